The first-order valence-corrected chi connectivity index (χ1v) is 7.13. The molecule has 2 aromatic rings. The van der Waals surface area contributed by atoms with Crippen LogP contribution in [0.5, 0.6) is 5.75 Å². The van der Waals surface area contributed by atoms with Crippen LogP contribution in [0.2, 0.25) is 0 Å². The third-order valence-corrected chi connectivity index (χ3v) is 3.29. The summed E-state index contributed by atoms with van der Waals surface area (Å²) in [5.74, 6) is -2.27. The van der Waals surface area contributed by atoms with Crippen molar-refractivity contribution in [3.05, 3.63) is 58.3 Å². The Kier molecular flexibility index (Phi) is 5.42. The molecule has 0 fully saturated rings. The van der Waals surface area contributed by atoms with Crippen molar-refractivity contribution >= 4 is 39.6 Å². The van der Waals surface area contributed by atoms with Crippen molar-refractivity contribution < 1.29 is 19.1 Å². The molecule has 0 spiro atoms. The SMILES string of the molecule is O=C(N/N=C/c1ccc(O)c(Br)c1)C(=O)Nc1ccc(F)cc1. The van der Waals surface area contributed by atoms with Gasteiger partial charge in [-0.1, -0.05) is 0 Å². The number of nitrogens with zero attached hydrogens (tertiary/aromatic N) is 1. The first kappa shape index (κ1) is 16.6. The van der Waals surface area contributed by atoms with Crippen molar-refractivity contribution in [2.24, 2.45) is 5.10 Å². The van der Waals surface area contributed by atoms with Crippen LogP contribution in [0.25, 0.3) is 0 Å². The summed E-state index contributed by atoms with van der Waals surface area (Å²) < 4.78 is 13.2. The van der Waals surface area contributed by atoms with Gasteiger partial charge in [-0.2, -0.15) is 5.10 Å². The Labute approximate surface area is 139 Å². The molecule has 8 heteroatoms. The van der Waals surface area contributed by atoms with Gasteiger partial charge in [0.15, 0.2) is 0 Å². The van der Waals surface area contributed by atoms with E-state index in [-0.39, 0.29) is 11.4 Å². The smallest absolute Gasteiger partial charge is 0.329 e. The van der Waals surface area contributed by atoms with E-state index in [9.17, 15) is 19.1 Å². The molecule has 2 amide bonds. The van der Waals surface area contributed by atoms with Crippen LogP contribution in [0.1, 0.15) is 5.56 Å². The molecule has 0 aliphatic carbocycles. The van der Waals surface area contributed by atoms with Gasteiger partial charge in [-0.05, 0) is 64.0 Å². The van der Waals surface area contributed by atoms with Crippen LogP contribution < -0.4 is 10.7 Å². The van der Waals surface area contributed by atoms with Crippen molar-refractivity contribution in [1.82, 2.24) is 5.43 Å². The number of halogens is 2. The zero-order valence-corrected chi connectivity index (χ0v) is 13.2. The number of carbonyl (C=O) groups excluding carboxylic acids is 2. The summed E-state index contributed by atoms with van der Waals surface area (Å²) in [6, 6.07) is 9.60. The predicted octanol–water partition coefficient (Wildman–Crippen LogP) is 2.38. The number of phenolic OH excluding ortho intramolecular Hbond substituents is 1. The van der Waals surface area contributed by atoms with E-state index in [0.717, 1.165) is 12.1 Å². The van der Waals surface area contributed by atoms with E-state index < -0.39 is 17.6 Å². The summed E-state index contributed by atoms with van der Waals surface area (Å²) in [5.41, 5.74) is 2.96. The number of aromatic hydroxyl groups is 1. The van der Waals surface area contributed by atoms with E-state index in [1.165, 1.54) is 24.4 Å². The van der Waals surface area contributed by atoms with Crippen LogP contribution in [-0.4, -0.2) is 23.1 Å². The van der Waals surface area contributed by atoms with Crippen LogP contribution in [0.3, 0.4) is 0 Å². The fourth-order valence-electron chi connectivity index (χ4n) is 1.54. The molecule has 118 valence electrons. The van der Waals surface area contributed by atoms with Gasteiger partial charge >= 0.3 is 11.8 Å². The van der Waals surface area contributed by atoms with Crippen molar-refractivity contribution in [3.8, 4) is 5.75 Å². The normalized spacial score (nSPS) is 10.5. The molecular weight excluding hydrogens is 369 g/mol. The van der Waals surface area contributed by atoms with Crippen molar-refractivity contribution in [3.63, 3.8) is 0 Å². The Balaban J connectivity index is 1.90. The third kappa shape index (κ3) is 4.89. The molecule has 0 aliphatic heterocycles. The monoisotopic (exact) mass is 379 g/mol. The first-order chi connectivity index (χ1) is 11.0. The second-order valence-corrected chi connectivity index (χ2v) is 5.23. The molecular formula is C15H11BrFN3O3. The van der Waals surface area contributed by atoms with Gasteiger partial charge < -0.3 is 10.4 Å². The minimum Gasteiger partial charge on any atom is -0.507 e. The third-order valence-electron chi connectivity index (χ3n) is 2.66. The summed E-state index contributed by atoms with van der Waals surface area (Å²) in [7, 11) is 0. The lowest BCUT2D eigenvalue weighted by atomic mass is 10.2. The van der Waals surface area contributed by atoms with Gasteiger partial charge in [-0.25, -0.2) is 9.82 Å². The minimum absolute atomic E-state index is 0.0739. The zero-order chi connectivity index (χ0) is 16.8. The molecule has 2 aromatic carbocycles. The molecule has 0 aromatic heterocycles. The molecule has 6 nitrogen and oxygen atoms in total. The Bertz CT molecular complexity index is 763. The minimum atomic E-state index is -0.969. The summed E-state index contributed by atoms with van der Waals surface area (Å²) in [6.45, 7) is 0. The van der Waals surface area contributed by atoms with E-state index >= 15 is 0 Å². The summed E-state index contributed by atoms with van der Waals surface area (Å²) in [6.07, 6.45) is 1.31. The molecule has 2 rings (SSSR count). The number of hydrogen-bond donors (Lipinski definition) is 3. The number of hydrogen-bond acceptors (Lipinski definition) is 4. The maximum atomic E-state index is 12.7. The lowest BCUT2D eigenvalue weighted by molar-refractivity contribution is -0.136. The second-order valence-electron chi connectivity index (χ2n) is 4.37. The van der Waals surface area contributed by atoms with Crippen LogP contribution in [0.4, 0.5) is 10.1 Å². The lowest BCUT2D eigenvalue weighted by Gasteiger charge is -2.03. The van der Waals surface area contributed by atoms with Gasteiger partial charge in [0.1, 0.15) is 11.6 Å². The Morgan fingerprint density at radius 2 is 1.83 bits per heavy atom. The fraction of sp³-hybridized carbons (Fsp3) is 0. The highest BCUT2D eigenvalue weighted by atomic mass is 79.9. The maximum absolute atomic E-state index is 12.7. The van der Waals surface area contributed by atoms with Gasteiger partial charge in [-0.15, -0.1) is 0 Å². The van der Waals surface area contributed by atoms with Crippen LogP contribution in [0, 0.1) is 5.82 Å². The molecule has 3 N–H and O–H groups in total. The molecule has 0 heterocycles. The number of anilines is 1. The highest BCUT2D eigenvalue weighted by Gasteiger charge is 2.12. The van der Waals surface area contributed by atoms with E-state index in [2.05, 4.69) is 31.8 Å². The van der Waals surface area contributed by atoms with Crippen LogP contribution in [-0.2, 0) is 9.59 Å². The number of phenols is 1. The number of rotatable bonds is 3. The fourth-order valence-corrected chi connectivity index (χ4v) is 1.94. The molecule has 0 atom stereocenters. The van der Waals surface area contributed by atoms with Gasteiger partial charge in [0.2, 0.25) is 0 Å². The van der Waals surface area contributed by atoms with Crippen molar-refractivity contribution in [1.29, 1.82) is 0 Å². The highest BCUT2D eigenvalue weighted by Crippen LogP contribution is 2.23. The lowest BCUT2D eigenvalue weighted by Crippen LogP contribution is -2.32. The van der Waals surface area contributed by atoms with Gasteiger partial charge in [0.05, 0.1) is 10.7 Å². The molecule has 0 unspecified atom stereocenters. The zero-order valence-electron chi connectivity index (χ0n) is 11.6. The summed E-state index contributed by atoms with van der Waals surface area (Å²) in [4.78, 5) is 23.2. The second kappa shape index (κ2) is 7.50. The van der Waals surface area contributed by atoms with Gasteiger partial charge in [-0.3, -0.25) is 9.59 Å². The van der Waals surface area contributed by atoms with E-state index in [0.29, 0.717) is 10.0 Å². The van der Waals surface area contributed by atoms with E-state index in [1.807, 2.05) is 0 Å². The van der Waals surface area contributed by atoms with Crippen molar-refractivity contribution in [2.45, 2.75) is 0 Å². The average molecular weight is 380 g/mol. The molecule has 0 aliphatic rings. The van der Waals surface area contributed by atoms with Gasteiger partial charge in [0, 0.05) is 5.69 Å². The topological polar surface area (TPSA) is 90.8 Å². The van der Waals surface area contributed by atoms with Gasteiger partial charge in [0.25, 0.3) is 0 Å². The molecule has 0 saturated carbocycles. The van der Waals surface area contributed by atoms with Crippen LogP contribution >= 0.6 is 15.9 Å². The Morgan fingerprint density at radius 3 is 2.48 bits per heavy atom. The number of hydrazone groups is 1. The molecule has 0 saturated heterocycles. The molecule has 23 heavy (non-hydrogen) atoms. The number of amides is 2. The first-order valence-electron chi connectivity index (χ1n) is 6.34. The number of nitrogens with one attached hydrogen (secondary N) is 2. The highest BCUT2D eigenvalue weighted by molar-refractivity contribution is 9.10. The summed E-state index contributed by atoms with van der Waals surface area (Å²) in [5, 5.41) is 15.3. The van der Waals surface area contributed by atoms with E-state index in [1.54, 1.807) is 12.1 Å². The Hall–Kier alpha value is -2.74. The number of benzene rings is 2. The summed E-state index contributed by atoms with van der Waals surface area (Å²) >= 11 is 3.14. The largest absolute Gasteiger partial charge is 0.507 e. The predicted molar refractivity (Wildman–Crippen MR) is 86.6 cm³/mol. The quantitative estimate of drug-likeness (QED) is 0.434. The van der Waals surface area contributed by atoms with Crippen molar-refractivity contribution in [2.75, 3.05) is 5.32 Å². The average Bonchev–Trinajstić information content (AvgIpc) is 2.53. The standard InChI is InChI=1S/C15H11BrFN3O3/c16-12-7-9(1-6-13(12)21)8-18-20-15(23)14(22)19-11-4-2-10(17)3-5-11/h1-8,21H,(H,19,22)(H,20,23)/b18-8+. The Morgan fingerprint density at radius 1 is 1.13 bits per heavy atom. The maximum Gasteiger partial charge on any atom is 0.329 e. The van der Waals surface area contributed by atoms with E-state index in [4.69, 9.17) is 0 Å². The molecule has 0 radical (unpaired) electrons. The molecule has 0 bridgehead atoms. The number of carbonyl (C=O) groups is 2. The van der Waals surface area contributed by atoms with Crippen LogP contribution in [0.15, 0.2) is 52.0 Å².